The largest absolute Gasteiger partial charge is 0.494 e. The number of carbonyl (C=O) groups excluding carboxylic acids is 1. The number of methoxy groups -OCH3 is 1. The highest BCUT2D eigenvalue weighted by molar-refractivity contribution is 6.32. The molecular formula is C10H8ClNO2. The van der Waals surface area contributed by atoms with Crippen LogP contribution >= 0.6 is 11.6 Å². The molecule has 0 aliphatic carbocycles. The summed E-state index contributed by atoms with van der Waals surface area (Å²) in [6, 6.07) is 4.85. The summed E-state index contributed by atoms with van der Waals surface area (Å²) in [4.78, 5) is 11.2. The number of carbonyl (C=O) groups is 1. The SMILES string of the molecule is COc1c(Cl)cc(C#N)cc1C(C)=O. The third-order valence-corrected chi connectivity index (χ3v) is 2.04. The van der Waals surface area contributed by atoms with Gasteiger partial charge in [0.25, 0.3) is 0 Å². The van der Waals surface area contributed by atoms with Crippen molar-refractivity contribution in [3.8, 4) is 11.8 Å². The Kier molecular flexibility index (Phi) is 3.10. The van der Waals surface area contributed by atoms with E-state index in [0.717, 1.165) is 0 Å². The van der Waals surface area contributed by atoms with Crippen molar-refractivity contribution in [2.24, 2.45) is 0 Å². The fourth-order valence-electron chi connectivity index (χ4n) is 1.13. The van der Waals surface area contributed by atoms with Gasteiger partial charge >= 0.3 is 0 Å². The summed E-state index contributed by atoms with van der Waals surface area (Å²) in [6.07, 6.45) is 0. The van der Waals surface area contributed by atoms with Gasteiger partial charge in [-0.3, -0.25) is 4.79 Å². The Morgan fingerprint density at radius 2 is 2.21 bits per heavy atom. The Morgan fingerprint density at radius 1 is 1.57 bits per heavy atom. The lowest BCUT2D eigenvalue weighted by Crippen LogP contribution is -1.99. The van der Waals surface area contributed by atoms with Crippen molar-refractivity contribution >= 4 is 17.4 Å². The van der Waals surface area contributed by atoms with Crippen molar-refractivity contribution in [2.75, 3.05) is 7.11 Å². The third-order valence-electron chi connectivity index (χ3n) is 1.76. The molecule has 0 radical (unpaired) electrons. The van der Waals surface area contributed by atoms with Gasteiger partial charge in [-0.2, -0.15) is 5.26 Å². The van der Waals surface area contributed by atoms with E-state index in [1.165, 1.54) is 26.2 Å². The first kappa shape index (κ1) is 10.6. The zero-order valence-electron chi connectivity index (χ0n) is 7.80. The molecule has 0 spiro atoms. The molecule has 4 heteroatoms. The summed E-state index contributed by atoms with van der Waals surface area (Å²) in [5.74, 6) is 0.138. The van der Waals surface area contributed by atoms with Gasteiger partial charge in [-0.1, -0.05) is 11.6 Å². The average molecular weight is 210 g/mol. The first-order chi connectivity index (χ1) is 6.60. The number of ketones is 1. The molecule has 72 valence electrons. The number of rotatable bonds is 2. The molecule has 0 bridgehead atoms. The summed E-state index contributed by atoms with van der Waals surface area (Å²) in [5, 5.41) is 8.95. The summed E-state index contributed by atoms with van der Waals surface area (Å²) in [7, 11) is 1.43. The Morgan fingerprint density at radius 3 is 2.64 bits per heavy atom. The molecular weight excluding hydrogens is 202 g/mol. The first-order valence-electron chi connectivity index (χ1n) is 3.88. The zero-order chi connectivity index (χ0) is 10.7. The van der Waals surface area contributed by atoms with Gasteiger partial charge in [-0.25, -0.2) is 0 Å². The Hall–Kier alpha value is -1.53. The van der Waals surface area contributed by atoms with Gasteiger partial charge in [-0.05, 0) is 19.1 Å². The minimum absolute atomic E-state index is 0.180. The molecule has 0 aliphatic rings. The van der Waals surface area contributed by atoms with E-state index < -0.39 is 0 Å². The third kappa shape index (κ3) is 1.86. The van der Waals surface area contributed by atoms with E-state index in [1.54, 1.807) is 0 Å². The number of nitriles is 1. The van der Waals surface area contributed by atoms with Crippen LogP contribution in [-0.2, 0) is 0 Å². The molecule has 0 heterocycles. The number of hydrogen-bond acceptors (Lipinski definition) is 3. The molecule has 1 aromatic carbocycles. The minimum atomic E-state index is -0.180. The molecule has 0 N–H and O–H groups in total. The highest BCUT2D eigenvalue weighted by Gasteiger charge is 2.13. The fourth-order valence-corrected chi connectivity index (χ4v) is 1.42. The van der Waals surface area contributed by atoms with Gasteiger partial charge in [-0.15, -0.1) is 0 Å². The maximum atomic E-state index is 11.2. The van der Waals surface area contributed by atoms with Crippen LogP contribution in [0.25, 0.3) is 0 Å². The number of Topliss-reactive ketones (excluding diaryl/α,β-unsaturated/α-hetero) is 1. The smallest absolute Gasteiger partial charge is 0.163 e. The van der Waals surface area contributed by atoms with Crippen LogP contribution in [0.3, 0.4) is 0 Å². The molecule has 14 heavy (non-hydrogen) atoms. The maximum absolute atomic E-state index is 11.2. The van der Waals surface area contributed by atoms with Crippen LogP contribution in [0, 0.1) is 11.3 Å². The highest BCUT2D eigenvalue weighted by atomic mass is 35.5. The summed E-state index contributed by atoms with van der Waals surface area (Å²) in [5.41, 5.74) is 0.678. The van der Waals surface area contributed by atoms with Gasteiger partial charge in [0.2, 0.25) is 0 Å². The van der Waals surface area contributed by atoms with Crippen molar-refractivity contribution in [1.29, 1.82) is 5.26 Å². The molecule has 0 aromatic heterocycles. The van der Waals surface area contributed by atoms with Crippen LogP contribution in [-0.4, -0.2) is 12.9 Å². The highest BCUT2D eigenvalue weighted by Crippen LogP contribution is 2.30. The molecule has 1 rings (SSSR count). The Bertz CT molecular complexity index is 421. The first-order valence-corrected chi connectivity index (χ1v) is 4.26. The quantitative estimate of drug-likeness (QED) is 0.703. The Labute approximate surface area is 86.9 Å². The van der Waals surface area contributed by atoms with Gasteiger partial charge in [0.15, 0.2) is 5.78 Å². The average Bonchev–Trinajstić information content (AvgIpc) is 2.16. The second-order valence-corrected chi connectivity index (χ2v) is 3.11. The molecule has 0 fully saturated rings. The van der Waals surface area contributed by atoms with Crippen LogP contribution < -0.4 is 4.74 Å². The van der Waals surface area contributed by atoms with Crippen LogP contribution in [0.2, 0.25) is 5.02 Å². The van der Waals surface area contributed by atoms with E-state index in [9.17, 15) is 4.79 Å². The van der Waals surface area contributed by atoms with Crippen LogP contribution in [0.15, 0.2) is 12.1 Å². The van der Waals surface area contributed by atoms with Crippen molar-refractivity contribution in [3.05, 3.63) is 28.3 Å². The predicted octanol–water partition coefficient (Wildman–Crippen LogP) is 2.42. The summed E-state index contributed by atoms with van der Waals surface area (Å²) in [6.45, 7) is 1.40. The maximum Gasteiger partial charge on any atom is 0.163 e. The van der Waals surface area contributed by atoms with Gasteiger partial charge in [0, 0.05) is 0 Å². The molecule has 0 aliphatic heterocycles. The Balaban J connectivity index is 3.45. The van der Waals surface area contributed by atoms with Crippen molar-refractivity contribution in [1.82, 2.24) is 0 Å². The summed E-state index contributed by atoms with van der Waals surface area (Å²) < 4.78 is 4.97. The lowest BCUT2D eigenvalue weighted by molar-refractivity contribution is 0.101. The standard InChI is InChI=1S/C10H8ClNO2/c1-6(13)8-3-7(5-12)4-9(11)10(8)14-2/h3-4H,1-2H3. The van der Waals surface area contributed by atoms with E-state index in [4.69, 9.17) is 21.6 Å². The number of halogens is 1. The molecule has 0 saturated carbocycles. The molecule has 0 saturated heterocycles. The van der Waals surface area contributed by atoms with Crippen molar-refractivity contribution < 1.29 is 9.53 Å². The predicted molar refractivity (Wildman–Crippen MR) is 52.7 cm³/mol. The second kappa shape index (κ2) is 4.12. The molecule has 1 aromatic rings. The van der Waals surface area contributed by atoms with Crippen LogP contribution in [0.4, 0.5) is 0 Å². The van der Waals surface area contributed by atoms with E-state index in [2.05, 4.69) is 0 Å². The number of ether oxygens (including phenoxy) is 1. The van der Waals surface area contributed by atoms with E-state index in [-0.39, 0.29) is 10.8 Å². The van der Waals surface area contributed by atoms with Crippen LogP contribution in [0.1, 0.15) is 22.8 Å². The molecule has 0 unspecified atom stereocenters. The molecule has 0 atom stereocenters. The molecule has 3 nitrogen and oxygen atoms in total. The van der Waals surface area contributed by atoms with Gasteiger partial charge in [0.05, 0.1) is 29.3 Å². The number of hydrogen-bond donors (Lipinski definition) is 0. The lowest BCUT2D eigenvalue weighted by atomic mass is 10.1. The lowest BCUT2D eigenvalue weighted by Gasteiger charge is -2.07. The summed E-state index contributed by atoms with van der Waals surface area (Å²) >= 11 is 5.83. The van der Waals surface area contributed by atoms with E-state index in [0.29, 0.717) is 16.9 Å². The fraction of sp³-hybridized carbons (Fsp3) is 0.200. The number of benzene rings is 1. The van der Waals surface area contributed by atoms with E-state index in [1.807, 2.05) is 6.07 Å². The van der Waals surface area contributed by atoms with Crippen molar-refractivity contribution in [2.45, 2.75) is 6.92 Å². The zero-order valence-corrected chi connectivity index (χ0v) is 8.55. The van der Waals surface area contributed by atoms with E-state index >= 15 is 0 Å². The van der Waals surface area contributed by atoms with Gasteiger partial charge < -0.3 is 4.74 Å². The number of nitrogens with zero attached hydrogens (tertiary/aromatic N) is 1. The van der Waals surface area contributed by atoms with Crippen LogP contribution in [0.5, 0.6) is 5.75 Å². The monoisotopic (exact) mass is 209 g/mol. The topological polar surface area (TPSA) is 50.1 Å². The van der Waals surface area contributed by atoms with Gasteiger partial charge in [0.1, 0.15) is 5.75 Å². The second-order valence-electron chi connectivity index (χ2n) is 2.71. The normalized spacial score (nSPS) is 9.29. The van der Waals surface area contributed by atoms with Crippen molar-refractivity contribution in [3.63, 3.8) is 0 Å². The molecule has 0 amide bonds. The minimum Gasteiger partial charge on any atom is -0.494 e.